The number of ether oxygens (including phenoxy) is 1. The zero-order valence-electron chi connectivity index (χ0n) is 19.6. The van der Waals surface area contributed by atoms with Crippen LogP contribution in [-0.2, 0) is 4.79 Å². The van der Waals surface area contributed by atoms with Gasteiger partial charge in [0.2, 0.25) is 0 Å². The van der Waals surface area contributed by atoms with Crippen molar-refractivity contribution in [2.45, 2.75) is 17.6 Å². The van der Waals surface area contributed by atoms with Crippen molar-refractivity contribution in [2.75, 3.05) is 12.9 Å². The average Bonchev–Trinajstić information content (AvgIpc) is 3.57. The van der Waals surface area contributed by atoms with Gasteiger partial charge in [0, 0.05) is 12.6 Å². The lowest BCUT2D eigenvalue weighted by atomic mass is 9.97. The highest BCUT2D eigenvalue weighted by atomic mass is 32.2. The van der Waals surface area contributed by atoms with Crippen LogP contribution in [0.25, 0.3) is 16.4 Å². The molecule has 0 saturated heterocycles. The van der Waals surface area contributed by atoms with E-state index in [1.165, 1.54) is 17.1 Å². The second-order valence-electron chi connectivity index (χ2n) is 8.54. The summed E-state index contributed by atoms with van der Waals surface area (Å²) >= 11 is 1.36. The van der Waals surface area contributed by atoms with E-state index in [1.807, 2.05) is 65.2 Å². The molecule has 1 amide bonds. The molecule has 0 unspecified atom stereocenters. The summed E-state index contributed by atoms with van der Waals surface area (Å²) in [6.45, 7) is 0. The van der Waals surface area contributed by atoms with Crippen LogP contribution in [0, 0.1) is 0 Å². The van der Waals surface area contributed by atoms with E-state index < -0.39 is 0 Å². The number of hydrazone groups is 1. The number of carbonyl (C=O) groups excluding carboxylic acids is 1. The minimum absolute atomic E-state index is 0.0794. The highest BCUT2D eigenvalue weighted by Gasteiger charge is 2.33. The fraction of sp³-hybridized carbons (Fsp3) is 0.143. The first-order valence-electron chi connectivity index (χ1n) is 11.6. The number of hydrogen-bond acceptors (Lipinski definition) is 6. The van der Waals surface area contributed by atoms with Crippen molar-refractivity contribution in [3.63, 3.8) is 0 Å². The van der Waals surface area contributed by atoms with Crippen molar-refractivity contribution in [3.8, 4) is 5.75 Å². The molecule has 0 aliphatic carbocycles. The third-order valence-corrected chi connectivity index (χ3v) is 7.28. The lowest BCUT2D eigenvalue weighted by molar-refractivity contribution is -0.130. The van der Waals surface area contributed by atoms with Gasteiger partial charge < -0.3 is 4.74 Å². The molecule has 6 rings (SSSR count). The molecule has 0 N–H and O–H groups in total. The number of carbonyl (C=O) groups is 1. The number of pyridine rings is 1. The van der Waals surface area contributed by atoms with E-state index in [-0.39, 0.29) is 17.7 Å². The molecule has 5 aromatic rings. The van der Waals surface area contributed by atoms with Gasteiger partial charge in [0.15, 0.2) is 10.8 Å². The number of methoxy groups -OCH3 is 1. The molecule has 0 bridgehead atoms. The number of fused-ring (bicyclic) bond motifs is 2. The second-order valence-corrected chi connectivity index (χ2v) is 9.48. The van der Waals surface area contributed by atoms with Crippen LogP contribution in [0.2, 0.25) is 0 Å². The molecule has 0 fully saturated rings. The fourth-order valence-corrected chi connectivity index (χ4v) is 5.26. The zero-order chi connectivity index (χ0) is 24.5. The van der Waals surface area contributed by atoms with E-state index in [0.29, 0.717) is 11.6 Å². The molecule has 7 nitrogen and oxygen atoms in total. The van der Waals surface area contributed by atoms with E-state index in [0.717, 1.165) is 33.6 Å². The number of aromatic nitrogens is 3. The van der Waals surface area contributed by atoms with Crippen LogP contribution in [0.3, 0.4) is 0 Å². The SMILES string of the molecule is COc1ccc([C@@H]2CC(c3ccc4ccccc4c3)=NN2C(=O)CSc2nnc3ccccn23)cc1. The van der Waals surface area contributed by atoms with Gasteiger partial charge in [-0.25, -0.2) is 5.01 Å². The molecule has 8 heteroatoms. The Labute approximate surface area is 212 Å². The maximum absolute atomic E-state index is 13.5. The zero-order valence-corrected chi connectivity index (χ0v) is 20.4. The van der Waals surface area contributed by atoms with Crippen molar-refractivity contribution in [2.24, 2.45) is 5.10 Å². The quantitative estimate of drug-likeness (QED) is 0.298. The topological polar surface area (TPSA) is 72.1 Å². The van der Waals surface area contributed by atoms with Gasteiger partial charge in [-0.3, -0.25) is 9.20 Å². The van der Waals surface area contributed by atoms with E-state index in [9.17, 15) is 4.79 Å². The first-order chi connectivity index (χ1) is 17.7. The Morgan fingerprint density at radius 3 is 2.61 bits per heavy atom. The second kappa shape index (κ2) is 9.47. The Balaban J connectivity index is 1.30. The first-order valence-corrected chi connectivity index (χ1v) is 12.6. The number of hydrogen-bond donors (Lipinski definition) is 0. The van der Waals surface area contributed by atoms with Gasteiger partial charge in [-0.15, -0.1) is 10.2 Å². The first kappa shape index (κ1) is 22.3. The number of nitrogens with zero attached hydrogens (tertiary/aromatic N) is 5. The summed E-state index contributed by atoms with van der Waals surface area (Å²) in [5.74, 6) is 0.903. The molecular formula is C28H23N5O2S. The minimum Gasteiger partial charge on any atom is -0.497 e. The predicted octanol–water partition coefficient (Wildman–Crippen LogP) is 5.36. The van der Waals surface area contributed by atoms with Crippen LogP contribution in [-0.4, -0.2) is 44.1 Å². The molecule has 0 radical (unpaired) electrons. The van der Waals surface area contributed by atoms with Crippen LogP contribution < -0.4 is 4.74 Å². The largest absolute Gasteiger partial charge is 0.497 e. The predicted molar refractivity (Wildman–Crippen MR) is 141 cm³/mol. The van der Waals surface area contributed by atoms with Gasteiger partial charge >= 0.3 is 0 Å². The van der Waals surface area contributed by atoms with Crippen molar-refractivity contribution < 1.29 is 9.53 Å². The molecule has 178 valence electrons. The molecule has 1 aliphatic rings. The Bertz CT molecular complexity index is 1600. The van der Waals surface area contributed by atoms with Crippen LogP contribution >= 0.6 is 11.8 Å². The van der Waals surface area contributed by atoms with Crippen molar-refractivity contribution in [1.82, 2.24) is 19.6 Å². The summed E-state index contributed by atoms with van der Waals surface area (Å²) < 4.78 is 7.21. The average molecular weight is 494 g/mol. The Morgan fingerprint density at radius 2 is 1.78 bits per heavy atom. The molecular weight excluding hydrogens is 470 g/mol. The third-order valence-electron chi connectivity index (χ3n) is 6.36. The van der Waals surface area contributed by atoms with Gasteiger partial charge in [0.25, 0.3) is 5.91 Å². The summed E-state index contributed by atoms with van der Waals surface area (Å²) in [5.41, 5.74) is 3.69. The van der Waals surface area contributed by atoms with Gasteiger partial charge in [-0.05, 0) is 52.2 Å². The van der Waals surface area contributed by atoms with E-state index in [4.69, 9.17) is 9.84 Å². The summed E-state index contributed by atoms with van der Waals surface area (Å²) in [5, 5.41) is 17.9. The highest BCUT2D eigenvalue weighted by Crippen LogP contribution is 2.35. The van der Waals surface area contributed by atoms with E-state index in [2.05, 4.69) is 40.5 Å². The van der Waals surface area contributed by atoms with E-state index in [1.54, 1.807) is 12.1 Å². The molecule has 1 atom stereocenters. The van der Waals surface area contributed by atoms with E-state index >= 15 is 0 Å². The third kappa shape index (κ3) is 4.20. The highest BCUT2D eigenvalue weighted by molar-refractivity contribution is 7.99. The van der Waals surface area contributed by atoms with Crippen molar-refractivity contribution in [1.29, 1.82) is 0 Å². The lowest BCUT2D eigenvalue weighted by Crippen LogP contribution is -2.28. The van der Waals surface area contributed by atoms with Gasteiger partial charge in [0.1, 0.15) is 5.75 Å². The van der Waals surface area contributed by atoms with Crippen LogP contribution in [0.5, 0.6) is 5.75 Å². The summed E-state index contributed by atoms with van der Waals surface area (Å²) in [6.07, 6.45) is 2.53. The molecule has 3 aromatic carbocycles. The normalized spacial score (nSPS) is 15.4. The van der Waals surface area contributed by atoms with Gasteiger partial charge in [-0.1, -0.05) is 66.4 Å². The lowest BCUT2D eigenvalue weighted by Gasteiger charge is -2.22. The van der Waals surface area contributed by atoms with Crippen LogP contribution in [0.1, 0.15) is 23.6 Å². The van der Waals surface area contributed by atoms with Gasteiger partial charge in [-0.2, -0.15) is 5.10 Å². The number of amides is 1. The molecule has 0 saturated carbocycles. The number of rotatable bonds is 6. The van der Waals surface area contributed by atoms with Crippen molar-refractivity contribution >= 4 is 39.8 Å². The monoisotopic (exact) mass is 493 g/mol. The summed E-state index contributed by atoms with van der Waals surface area (Å²) in [4.78, 5) is 13.5. The molecule has 1 aliphatic heterocycles. The van der Waals surface area contributed by atoms with Crippen molar-refractivity contribution in [3.05, 3.63) is 102 Å². The molecule has 36 heavy (non-hydrogen) atoms. The van der Waals surface area contributed by atoms with Crippen LogP contribution in [0.4, 0.5) is 0 Å². The van der Waals surface area contributed by atoms with Crippen LogP contribution in [0.15, 0.2) is 101 Å². The summed E-state index contributed by atoms with van der Waals surface area (Å²) in [7, 11) is 1.65. The maximum atomic E-state index is 13.5. The molecule has 3 heterocycles. The van der Waals surface area contributed by atoms with Gasteiger partial charge in [0.05, 0.1) is 24.6 Å². The Morgan fingerprint density at radius 1 is 0.972 bits per heavy atom. The number of thioether (sulfide) groups is 1. The smallest absolute Gasteiger partial charge is 0.253 e. The fourth-order valence-electron chi connectivity index (χ4n) is 4.48. The molecule has 0 spiro atoms. The Kier molecular flexibility index (Phi) is 5.87. The minimum atomic E-state index is -0.194. The number of benzene rings is 3. The summed E-state index contributed by atoms with van der Waals surface area (Å²) in [6, 6.07) is 28.0. The molecule has 2 aromatic heterocycles. The standard InChI is InChI=1S/C28H23N5O2S/c1-35-23-13-11-20(12-14-23)25-17-24(22-10-9-19-6-2-3-7-21(19)16-22)31-33(25)27(34)18-36-28-30-29-26-8-4-5-15-32(26)28/h2-16,25H,17-18H2,1H3/t25-/m0/s1. The Hall–Kier alpha value is -4.17. The maximum Gasteiger partial charge on any atom is 0.253 e.